The second kappa shape index (κ2) is 6.23. The Morgan fingerprint density at radius 1 is 1.28 bits per heavy atom. The lowest BCUT2D eigenvalue weighted by atomic mass is 9.72. The molecular weight excluding hydrogens is 228 g/mol. The van der Waals surface area contributed by atoms with Crippen LogP contribution in [0.4, 0.5) is 0 Å². The van der Waals surface area contributed by atoms with Crippen LogP contribution in [0.2, 0.25) is 0 Å². The normalized spacial score (nSPS) is 21.2. The summed E-state index contributed by atoms with van der Waals surface area (Å²) < 4.78 is 0. The molecule has 0 bridgehead atoms. The third-order valence-electron chi connectivity index (χ3n) is 3.15. The van der Waals surface area contributed by atoms with E-state index in [-0.39, 0.29) is 17.0 Å². The molecule has 1 rings (SSSR count). The molecule has 0 amide bonds. The van der Waals surface area contributed by atoms with Crippen molar-refractivity contribution in [2.45, 2.75) is 33.1 Å². The molecule has 1 fully saturated rings. The maximum atomic E-state index is 11.9. The Balaban J connectivity index is 2.44. The third kappa shape index (κ3) is 4.69. The minimum Gasteiger partial charge on any atom is -0.309 e. The van der Waals surface area contributed by atoms with Gasteiger partial charge >= 0.3 is 0 Å². The summed E-state index contributed by atoms with van der Waals surface area (Å²) in [5.74, 6) is -0.544. The van der Waals surface area contributed by atoms with E-state index < -0.39 is 5.92 Å². The molecule has 0 unspecified atom stereocenters. The van der Waals surface area contributed by atoms with Gasteiger partial charge in [-0.1, -0.05) is 13.8 Å². The smallest absolute Gasteiger partial charge is 0.149 e. The lowest BCUT2D eigenvalue weighted by Crippen LogP contribution is -2.38. The summed E-state index contributed by atoms with van der Waals surface area (Å²) in [6.45, 7) is 5.58. The van der Waals surface area contributed by atoms with Crippen LogP contribution in [0, 0.1) is 11.3 Å². The van der Waals surface area contributed by atoms with Gasteiger partial charge in [-0.15, -0.1) is 0 Å². The molecule has 0 aliphatic heterocycles. The van der Waals surface area contributed by atoms with Crippen molar-refractivity contribution in [2.75, 3.05) is 27.2 Å². The maximum absolute atomic E-state index is 11.9. The first-order valence-electron chi connectivity index (χ1n) is 6.52. The molecule has 18 heavy (non-hydrogen) atoms. The molecule has 4 nitrogen and oxygen atoms in total. The van der Waals surface area contributed by atoms with Crippen molar-refractivity contribution in [3.05, 3.63) is 0 Å². The van der Waals surface area contributed by atoms with E-state index in [9.17, 15) is 9.59 Å². The van der Waals surface area contributed by atoms with Crippen LogP contribution in [0.15, 0.2) is 4.99 Å². The van der Waals surface area contributed by atoms with E-state index in [0.717, 1.165) is 13.0 Å². The van der Waals surface area contributed by atoms with Gasteiger partial charge in [-0.3, -0.25) is 14.6 Å². The van der Waals surface area contributed by atoms with Crippen LogP contribution in [0.3, 0.4) is 0 Å². The summed E-state index contributed by atoms with van der Waals surface area (Å²) in [7, 11) is 4.03. The van der Waals surface area contributed by atoms with Gasteiger partial charge in [0, 0.05) is 25.6 Å². The van der Waals surface area contributed by atoms with Gasteiger partial charge in [-0.25, -0.2) is 0 Å². The van der Waals surface area contributed by atoms with Gasteiger partial charge in [0.15, 0.2) is 0 Å². The zero-order chi connectivity index (χ0) is 13.8. The summed E-state index contributed by atoms with van der Waals surface area (Å²) in [6.07, 6.45) is 3.47. The largest absolute Gasteiger partial charge is 0.309 e. The molecule has 0 N–H and O–H groups in total. The SMILES string of the molecule is CN(C)CCCN=CC1C(=O)CC(C)(C)CC1=O. The minimum absolute atomic E-state index is 0.0209. The molecule has 0 aromatic rings. The molecule has 0 radical (unpaired) electrons. The highest BCUT2D eigenvalue weighted by Crippen LogP contribution is 2.33. The van der Waals surface area contributed by atoms with Crippen LogP contribution < -0.4 is 0 Å². The second-order valence-corrected chi connectivity index (χ2v) is 6.14. The van der Waals surface area contributed by atoms with E-state index in [1.165, 1.54) is 0 Å². The lowest BCUT2D eigenvalue weighted by molar-refractivity contribution is -0.136. The highest BCUT2D eigenvalue weighted by atomic mass is 16.2. The fourth-order valence-electron chi connectivity index (χ4n) is 2.23. The molecule has 1 saturated carbocycles. The average Bonchev–Trinajstić information content (AvgIpc) is 2.18. The van der Waals surface area contributed by atoms with Gasteiger partial charge in [0.2, 0.25) is 0 Å². The third-order valence-corrected chi connectivity index (χ3v) is 3.15. The number of aliphatic imine (C=N–C) groups is 1. The van der Waals surface area contributed by atoms with Gasteiger partial charge in [-0.05, 0) is 32.5 Å². The zero-order valence-electron chi connectivity index (χ0n) is 11.9. The molecule has 0 spiro atoms. The molecule has 1 aliphatic carbocycles. The van der Waals surface area contributed by atoms with Crippen LogP contribution in [0.5, 0.6) is 0 Å². The summed E-state index contributed by atoms with van der Waals surface area (Å²) in [6, 6.07) is 0. The predicted molar refractivity (Wildman–Crippen MR) is 73.0 cm³/mol. The summed E-state index contributed by atoms with van der Waals surface area (Å²) in [5.41, 5.74) is -0.177. The van der Waals surface area contributed by atoms with Gasteiger partial charge in [0.25, 0.3) is 0 Å². The van der Waals surface area contributed by atoms with Crippen LogP contribution >= 0.6 is 0 Å². The van der Waals surface area contributed by atoms with Crippen molar-refractivity contribution < 1.29 is 9.59 Å². The maximum Gasteiger partial charge on any atom is 0.149 e. The number of carbonyl (C=O) groups is 2. The molecule has 1 aliphatic rings. The first kappa shape index (κ1) is 15.0. The molecule has 4 heteroatoms. The van der Waals surface area contributed by atoms with Crippen molar-refractivity contribution in [1.29, 1.82) is 0 Å². The Hall–Kier alpha value is -1.03. The minimum atomic E-state index is -0.586. The van der Waals surface area contributed by atoms with Gasteiger partial charge in [-0.2, -0.15) is 0 Å². The second-order valence-electron chi connectivity index (χ2n) is 6.14. The number of rotatable bonds is 5. The van der Waals surface area contributed by atoms with E-state index in [2.05, 4.69) is 9.89 Å². The molecule has 0 heterocycles. The predicted octanol–water partition coefficient (Wildman–Crippen LogP) is 1.58. The molecule has 0 aromatic heterocycles. The fourth-order valence-corrected chi connectivity index (χ4v) is 2.23. The van der Waals surface area contributed by atoms with Gasteiger partial charge in [0.05, 0.1) is 0 Å². The number of hydrogen-bond acceptors (Lipinski definition) is 4. The van der Waals surface area contributed by atoms with Crippen LogP contribution in [0.1, 0.15) is 33.1 Å². The number of hydrogen-bond donors (Lipinski definition) is 0. The molecular formula is C14H24N2O2. The average molecular weight is 252 g/mol. The molecule has 0 saturated heterocycles. The topological polar surface area (TPSA) is 49.7 Å². The Kier molecular flexibility index (Phi) is 5.20. The zero-order valence-corrected chi connectivity index (χ0v) is 11.9. The van der Waals surface area contributed by atoms with E-state index >= 15 is 0 Å². The van der Waals surface area contributed by atoms with Gasteiger partial charge < -0.3 is 4.90 Å². The number of ketones is 2. The van der Waals surface area contributed by atoms with Crippen molar-refractivity contribution in [3.8, 4) is 0 Å². The van der Waals surface area contributed by atoms with E-state index in [4.69, 9.17) is 0 Å². The Bertz CT molecular complexity index is 326. The van der Waals surface area contributed by atoms with Crippen molar-refractivity contribution >= 4 is 17.8 Å². The van der Waals surface area contributed by atoms with E-state index in [1.807, 2.05) is 27.9 Å². The van der Waals surface area contributed by atoms with E-state index in [0.29, 0.717) is 19.4 Å². The highest BCUT2D eigenvalue weighted by molar-refractivity contribution is 6.16. The summed E-state index contributed by atoms with van der Waals surface area (Å²) in [5, 5.41) is 0. The molecule has 102 valence electrons. The van der Waals surface area contributed by atoms with Crippen LogP contribution in [0.25, 0.3) is 0 Å². The summed E-state index contributed by atoms with van der Waals surface area (Å²) >= 11 is 0. The van der Waals surface area contributed by atoms with Gasteiger partial charge in [0.1, 0.15) is 17.5 Å². The standard InChI is InChI=1S/C14H24N2O2/c1-14(2)8-12(17)11(13(18)9-14)10-15-6-5-7-16(3)4/h10-11H,5-9H2,1-4H3. The number of carbonyl (C=O) groups excluding carboxylic acids is 2. The monoisotopic (exact) mass is 252 g/mol. The molecule has 0 aromatic carbocycles. The van der Waals surface area contributed by atoms with Crippen molar-refractivity contribution in [1.82, 2.24) is 4.90 Å². The Labute approximate surface area is 109 Å². The summed E-state index contributed by atoms with van der Waals surface area (Å²) in [4.78, 5) is 30.1. The quantitative estimate of drug-likeness (QED) is 0.424. The van der Waals surface area contributed by atoms with Crippen LogP contribution in [-0.2, 0) is 9.59 Å². The Morgan fingerprint density at radius 2 is 1.83 bits per heavy atom. The number of Topliss-reactive ketones (excluding diaryl/α,β-unsaturated/α-hetero) is 2. The fraction of sp³-hybridized carbons (Fsp3) is 0.786. The Morgan fingerprint density at radius 3 is 2.33 bits per heavy atom. The van der Waals surface area contributed by atoms with E-state index in [1.54, 1.807) is 6.21 Å². The first-order valence-corrected chi connectivity index (χ1v) is 6.52. The highest BCUT2D eigenvalue weighted by Gasteiger charge is 2.38. The van der Waals surface area contributed by atoms with Crippen molar-refractivity contribution in [3.63, 3.8) is 0 Å². The van der Waals surface area contributed by atoms with Crippen LogP contribution in [-0.4, -0.2) is 49.9 Å². The number of nitrogens with zero attached hydrogens (tertiary/aromatic N) is 2. The molecule has 0 atom stereocenters. The first-order chi connectivity index (χ1) is 8.32. The lowest BCUT2D eigenvalue weighted by Gasteiger charge is -2.30. The van der Waals surface area contributed by atoms with Crippen molar-refractivity contribution in [2.24, 2.45) is 16.3 Å².